The summed E-state index contributed by atoms with van der Waals surface area (Å²) in [5.74, 6) is -0.555. The first kappa shape index (κ1) is 8.44. The molecular formula is C8H14O4. The van der Waals surface area contributed by atoms with E-state index in [0.717, 1.165) is 0 Å². The molecular weight excluding hydrogens is 160 g/mol. The Balaban J connectivity index is 1.89. The number of hydrogen-bond acceptors (Lipinski definition) is 4. The van der Waals surface area contributed by atoms with Crippen LogP contribution in [0.25, 0.3) is 0 Å². The van der Waals surface area contributed by atoms with E-state index in [2.05, 4.69) is 0 Å². The van der Waals surface area contributed by atoms with E-state index in [1.807, 2.05) is 13.8 Å². The summed E-state index contributed by atoms with van der Waals surface area (Å²) in [6.07, 6.45) is -0.799. The lowest BCUT2D eigenvalue weighted by Gasteiger charge is -2.19. The van der Waals surface area contributed by atoms with Crippen LogP contribution in [0.15, 0.2) is 0 Å². The molecule has 0 radical (unpaired) electrons. The van der Waals surface area contributed by atoms with E-state index in [0.29, 0.717) is 13.2 Å². The van der Waals surface area contributed by atoms with E-state index < -0.39 is 11.9 Å². The maximum absolute atomic E-state index is 9.59. The van der Waals surface area contributed by atoms with Gasteiger partial charge in [0.25, 0.3) is 0 Å². The average molecular weight is 174 g/mol. The van der Waals surface area contributed by atoms with Crippen molar-refractivity contribution in [2.75, 3.05) is 13.2 Å². The third-order valence-electron chi connectivity index (χ3n) is 2.15. The van der Waals surface area contributed by atoms with Gasteiger partial charge >= 0.3 is 0 Å². The van der Waals surface area contributed by atoms with E-state index in [9.17, 15) is 5.11 Å². The summed E-state index contributed by atoms with van der Waals surface area (Å²) in [5, 5.41) is 9.59. The first-order valence-corrected chi connectivity index (χ1v) is 4.20. The molecule has 2 aliphatic rings. The van der Waals surface area contributed by atoms with Gasteiger partial charge in [-0.05, 0) is 13.8 Å². The minimum absolute atomic E-state index is 0.0347. The molecule has 4 nitrogen and oxygen atoms in total. The Kier molecular flexibility index (Phi) is 1.88. The number of rotatable bonds is 2. The van der Waals surface area contributed by atoms with Crippen LogP contribution in [-0.2, 0) is 14.2 Å². The molecule has 0 aromatic rings. The fourth-order valence-electron chi connectivity index (χ4n) is 1.38. The van der Waals surface area contributed by atoms with Crippen LogP contribution in [0.5, 0.6) is 0 Å². The monoisotopic (exact) mass is 174 g/mol. The van der Waals surface area contributed by atoms with Gasteiger partial charge < -0.3 is 19.3 Å². The Morgan fingerprint density at radius 2 is 2.00 bits per heavy atom. The normalized spacial score (nSPS) is 41.2. The molecule has 0 aromatic heterocycles. The molecule has 2 saturated heterocycles. The van der Waals surface area contributed by atoms with E-state index in [-0.39, 0.29) is 12.2 Å². The number of aliphatic hydroxyl groups is 1. The van der Waals surface area contributed by atoms with Crippen molar-refractivity contribution in [2.45, 2.75) is 37.9 Å². The zero-order valence-corrected chi connectivity index (χ0v) is 7.32. The highest BCUT2D eigenvalue weighted by molar-refractivity contribution is 4.88. The maximum Gasteiger partial charge on any atom is 0.163 e. The number of ether oxygens (including phenoxy) is 3. The molecule has 0 aromatic carbocycles. The number of hydrogen-bond donors (Lipinski definition) is 1. The van der Waals surface area contributed by atoms with Crippen LogP contribution in [0, 0.1) is 0 Å². The van der Waals surface area contributed by atoms with E-state index in [1.165, 1.54) is 0 Å². The Morgan fingerprint density at radius 3 is 2.42 bits per heavy atom. The van der Waals surface area contributed by atoms with Gasteiger partial charge in [-0.1, -0.05) is 0 Å². The summed E-state index contributed by atoms with van der Waals surface area (Å²) >= 11 is 0. The van der Waals surface area contributed by atoms with Crippen LogP contribution in [-0.4, -0.2) is 42.4 Å². The summed E-state index contributed by atoms with van der Waals surface area (Å²) in [4.78, 5) is 0. The van der Waals surface area contributed by atoms with Crippen molar-refractivity contribution in [1.82, 2.24) is 0 Å². The molecule has 12 heavy (non-hydrogen) atoms. The van der Waals surface area contributed by atoms with Gasteiger partial charge in [-0.25, -0.2) is 0 Å². The summed E-state index contributed by atoms with van der Waals surface area (Å²) in [5.41, 5.74) is 0. The van der Waals surface area contributed by atoms with Crippen LogP contribution in [0.2, 0.25) is 0 Å². The van der Waals surface area contributed by atoms with Crippen molar-refractivity contribution >= 4 is 0 Å². The zero-order chi connectivity index (χ0) is 8.77. The van der Waals surface area contributed by atoms with Crippen LogP contribution in [0.4, 0.5) is 0 Å². The zero-order valence-electron chi connectivity index (χ0n) is 7.32. The van der Waals surface area contributed by atoms with Crippen molar-refractivity contribution in [3.05, 3.63) is 0 Å². The molecule has 0 spiro atoms. The Bertz CT molecular complexity index is 176. The highest BCUT2D eigenvalue weighted by Crippen LogP contribution is 2.28. The van der Waals surface area contributed by atoms with Crippen molar-refractivity contribution in [2.24, 2.45) is 0 Å². The molecule has 2 rings (SSSR count). The second-order valence-electron chi connectivity index (χ2n) is 3.73. The van der Waals surface area contributed by atoms with Crippen LogP contribution >= 0.6 is 0 Å². The third kappa shape index (κ3) is 1.61. The average Bonchev–Trinajstić information content (AvgIpc) is 2.75. The molecule has 0 aliphatic carbocycles. The summed E-state index contributed by atoms with van der Waals surface area (Å²) < 4.78 is 15.7. The van der Waals surface area contributed by atoms with E-state index in [1.54, 1.807) is 0 Å². The van der Waals surface area contributed by atoms with Gasteiger partial charge in [0.1, 0.15) is 18.3 Å². The molecule has 4 heteroatoms. The van der Waals surface area contributed by atoms with Crippen molar-refractivity contribution in [3.8, 4) is 0 Å². The van der Waals surface area contributed by atoms with Gasteiger partial charge in [0, 0.05) is 0 Å². The predicted octanol–water partition coefficient (Wildman–Crippen LogP) is -0.102. The molecule has 2 heterocycles. The van der Waals surface area contributed by atoms with Crippen molar-refractivity contribution < 1.29 is 19.3 Å². The van der Waals surface area contributed by atoms with Crippen LogP contribution < -0.4 is 0 Å². The molecule has 0 saturated carbocycles. The van der Waals surface area contributed by atoms with Crippen LogP contribution in [0.3, 0.4) is 0 Å². The quantitative estimate of drug-likeness (QED) is 0.594. The largest absolute Gasteiger partial charge is 0.388 e. The Hall–Kier alpha value is -0.160. The highest BCUT2D eigenvalue weighted by Gasteiger charge is 2.43. The second kappa shape index (κ2) is 2.67. The topological polar surface area (TPSA) is 51.2 Å². The highest BCUT2D eigenvalue weighted by atomic mass is 16.7. The molecule has 70 valence electrons. The van der Waals surface area contributed by atoms with Crippen molar-refractivity contribution in [3.63, 3.8) is 0 Å². The lowest BCUT2D eigenvalue weighted by molar-refractivity contribution is -0.152. The summed E-state index contributed by atoms with van der Waals surface area (Å²) in [6, 6.07) is 0. The van der Waals surface area contributed by atoms with Gasteiger partial charge in [-0.3, -0.25) is 0 Å². The minimum atomic E-state index is -0.555. The SMILES string of the molecule is CC1(C)OC[C@H]([C@@H](O)[C@H]2CO2)O1. The molecule has 0 bridgehead atoms. The minimum Gasteiger partial charge on any atom is -0.388 e. The maximum atomic E-state index is 9.59. The smallest absolute Gasteiger partial charge is 0.163 e. The number of epoxide rings is 1. The molecule has 0 unspecified atom stereocenters. The van der Waals surface area contributed by atoms with Gasteiger partial charge in [-0.2, -0.15) is 0 Å². The van der Waals surface area contributed by atoms with Gasteiger partial charge in [-0.15, -0.1) is 0 Å². The summed E-state index contributed by atoms with van der Waals surface area (Å²) in [6.45, 7) is 4.77. The molecule has 3 atom stereocenters. The lowest BCUT2D eigenvalue weighted by Crippen LogP contribution is -2.34. The lowest BCUT2D eigenvalue weighted by atomic mass is 10.1. The predicted molar refractivity (Wildman–Crippen MR) is 40.7 cm³/mol. The van der Waals surface area contributed by atoms with Gasteiger partial charge in [0.15, 0.2) is 5.79 Å². The molecule has 1 N–H and O–H groups in total. The van der Waals surface area contributed by atoms with Crippen LogP contribution in [0.1, 0.15) is 13.8 Å². The first-order valence-electron chi connectivity index (χ1n) is 4.20. The number of aliphatic hydroxyl groups excluding tert-OH is 1. The first-order chi connectivity index (χ1) is 5.58. The van der Waals surface area contributed by atoms with Gasteiger partial charge in [0.05, 0.1) is 13.2 Å². The molecule has 0 amide bonds. The fraction of sp³-hybridized carbons (Fsp3) is 1.00. The Labute approximate surface area is 71.4 Å². The Morgan fingerprint density at radius 1 is 1.33 bits per heavy atom. The molecule has 2 fully saturated rings. The van der Waals surface area contributed by atoms with Gasteiger partial charge in [0.2, 0.25) is 0 Å². The standard InChI is InChI=1S/C8H14O4/c1-8(2)11-4-6(12-8)7(9)5-3-10-5/h5-7,9H,3-4H2,1-2H3/t5-,6-,7+/m1/s1. The molecule has 2 aliphatic heterocycles. The second-order valence-corrected chi connectivity index (χ2v) is 3.73. The van der Waals surface area contributed by atoms with Crippen molar-refractivity contribution in [1.29, 1.82) is 0 Å². The van der Waals surface area contributed by atoms with E-state index >= 15 is 0 Å². The summed E-state index contributed by atoms with van der Waals surface area (Å²) in [7, 11) is 0. The third-order valence-corrected chi connectivity index (χ3v) is 2.15. The fourth-order valence-corrected chi connectivity index (χ4v) is 1.38. The van der Waals surface area contributed by atoms with E-state index in [4.69, 9.17) is 14.2 Å².